The van der Waals surface area contributed by atoms with E-state index in [0.29, 0.717) is 0 Å². The first-order chi connectivity index (χ1) is 11.6. The van der Waals surface area contributed by atoms with Gasteiger partial charge >= 0.3 is 0 Å². The van der Waals surface area contributed by atoms with Gasteiger partial charge in [0.15, 0.2) is 0 Å². The molecule has 0 unspecified atom stereocenters. The van der Waals surface area contributed by atoms with Crippen LogP contribution in [0.1, 0.15) is 38.9 Å². The van der Waals surface area contributed by atoms with E-state index in [1.165, 1.54) is 38.9 Å². The lowest BCUT2D eigenvalue weighted by Gasteiger charge is -2.10. The van der Waals surface area contributed by atoms with Crippen LogP contribution < -0.4 is 0 Å². The van der Waals surface area contributed by atoms with Gasteiger partial charge in [-0.2, -0.15) is 0 Å². The number of rotatable bonds is 5. The van der Waals surface area contributed by atoms with E-state index in [4.69, 9.17) is 0 Å². The van der Waals surface area contributed by atoms with Crippen LogP contribution in [0.3, 0.4) is 0 Å². The zero-order valence-corrected chi connectivity index (χ0v) is 15.0. The summed E-state index contributed by atoms with van der Waals surface area (Å²) in [6.07, 6.45) is 3.23. The van der Waals surface area contributed by atoms with Crippen molar-refractivity contribution in [2.45, 2.75) is 40.0 Å². The van der Waals surface area contributed by atoms with Crippen LogP contribution in [0.2, 0.25) is 0 Å². The van der Waals surface area contributed by atoms with E-state index in [-0.39, 0.29) is 0 Å². The summed E-state index contributed by atoms with van der Waals surface area (Å²) in [7, 11) is 0. The molecule has 0 amide bonds. The Hall–Kier alpha value is -2.34. The van der Waals surface area contributed by atoms with Crippen LogP contribution in [0.4, 0.5) is 0 Å². The Morgan fingerprint density at radius 2 is 1.04 bits per heavy atom. The molecule has 0 saturated carbocycles. The van der Waals surface area contributed by atoms with Crippen LogP contribution in [0.15, 0.2) is 66.7 Å². The number of benzene rings is 3. The Balaban J connectivity index is 1.62. The summed E-state index contributed by atoms with van der Waals surface area (Å²) < 4.78 is 0. The molecule has 0 radical (unpaired) electrons. The summed E-state index contributed by atoms with van der Waals surface area (Å²) in [6.45, 7) is 6.63. The van der Waals surface area contributed by atoms with Crippen LogP contribution in [-0.4, -0.2) is 0 Å². The average Bonchev–Trinajstić information content (AvgIpc) is 2.60. The lowest BCUT2D eigenvalue weighted by Crippen LogP contribution is -1.96. The molecule has 0 aromatic heterocycles. The lowest BCUT2D eigenvalue weighted by atomic mass is 9.96. The molecule has 0 aliphatic rings. The third-order valence-electron chi connectivity index (χ3n) is 4.96. The minimum Gasteiger partial charge on any atom is -0.0622 e. The van der Waals surface area contributed by atoms with Gasteiger partial charge in [-0.25, -0.2) is 0 Å². The first kappa shape index (κ1) is 16.5. The molecule has 3 aromatic rings. The van der Waals surface area contributed by atoms with E-state index < -0.39 is 0 Å². The van der Waals surface area contributed by atoms with Gasteiger partial charge in [0.2, 0.25) is 0 Å². The van der Waals surface area contributed by atoms with Crippen molar-refractivity contribution in [3.8, 4) is 0 Å². The van der Waals surface area contributed by atoms with Crippen molar-refractivity contribution in [2.75, 3.05) is 0 Å². The minimum atomic E-state index is 1.01. The third-order valence-corrected chi connectivity index (χ3v) is 4.96. The molecule has 122 valence electrons. The molecule has 0 aliphatic carbocycles. The molecular formula is C24H26. The standard InChI is InChI=1S/C24H26/c1-18-15-24(16-19(2)20(18)3)14-11-21-9-12-23(13-10-21)17-22-7-5-4-6-8-22/h4-10,12-13,15-16H,11,14,17H2,1-3H3. The van der Waals surface area contributed by atoms with Crippen LogP contribution in [0, 0.1) is 20.8 Å². The Morgan fingerprint density at radius 1 is 0.542 bits per heavy atom. The van der Waals surface area contributed by atoms with Crippen molar-refractivity contribution in [1.29, 1.82) is 0 Å². The summed E-state index contributed by atoms with van der Waals surface area (Å²) >= 11 is 0. The Labute approximate surface area is 146 Å². The fourth-order valence-corrected chi connectivity index (χ4v) is 3.21. The van der Waals surface area contributed by atoms with E-state index in [0.717, 1.165) is 19.3 Å². The van der Waals surface area contributed by atoms with Crippen LogP contribution >= 0.6 is 0 Å². The minimum absolute atomic E-state index is 1.01. The molecule has 0 atom stereocenters. The lowest BCUT2D eigenvalue weighted by molar-refractivity contribution is 0.951. The van der Waals surface area contributed by atoms with E-state index in [2.05, 4.69) is 87.5 Å². The summed E-state index contributed by atoms with van der Waals surface area (Å²) in [6, 6.07) is 24.5. The van der Waals surface area contributed by atoms with Gasteiger partial charge in [-0.05, 0) is 79.0 Å². The zero-order valence-electron chi connectivity index (χ0n) is 15.0. The molecule has 0 aliphatic heterocycles. The fourth-order valence-electron chi connectivity index (χ4n) is 3.21. The highest BCUT2D eigenvalue weighted by Crippen LogP contribution is 2.18. The highest BCUT2D eigenvalue weighted by atomic mass is 14.1. The largest absolute Gasteiger partial charge is 0.0622 e. The predicted octanol–water partition coefficient (Wildman–Crippen LogP) is 5.99. The number of aryl methyl sites for hydroxylation is 4. The van der Waals surface area contributed by atoms with E-state index in [1.807, 2.05) is 0 Å². The molecule has 0 nitrogen and oxygen atoms in total. The fraction of sp³-hybridized carbons (Fsp3) is 0.250. The number of hydrogen-bond acceptors (Lipinski definition) is 0. The summed E-state index contributed by atoms with van der Waals surface area (Å²) in [4.78, 5) is 0. The predicted molar refractivity (Wildman–Crippen MR) is 104 cm³/mol. The Kier molecular flexibility index (Phi) is 5.15. The topological polar surface area (TPSA) is 0 Å². The second-order valence-electron chi connectivity index (χ2n) is 6.83. The van der Waals surface area contributed by atoms with Gasteiger partial charge in [-0.1, -0.05) is 66.7 Å². The normalized spacial score (nSPS) is 10.8. The Bertz CT molecular complexity index is 772. The first-order valence-corrected chi connectivity index (χ1v) is 8.80. The quantitative estimate of drug-likeness (QED) is 0.543. The Morgan fingerprint density at radius 3 is 1.67 bits per heavy atom. The third kappa shape index (κ3) is 4.14. The molecule has 0 heterocycles. The molecule has 0 bridgehead atoms. The van der Waals surface area contributed by atoms with Gasteiger partial charge in [0, 0.05) is 0 Å². The van der Waals surface area contributed by atoms with Crippen molar-refractivity contribution < 1.29 is 0 Å². The highest BCUT2D eigenvalue weighted by molar-refractivity contribution is 5.37. The zero-order chi connectivity index (χ0) is 16.9. The van der Waals surface area contributed by atoms with Crippen molar-refractivity contribution in [3.63, 3.8) is 0 Å². The molecule has 0 spiro atoms. The van der Waals surface area contributed by atoms with Crippen LogP contribution in [0.25, 0.3) is 0 Å². The smallest absolute Gasteiger partial charge is 0.00258 e. The number of hydrogen-bond donors (Lipinski definition) is 0. The van der Waals surface area contributed by atoms with Gasteiger partial charge in [0.1, 0.15) is 0 Å². The summed E-state index contributed by atoms with van der Waals surface area (Å²) in [5, 5.41) is 0. The SMILES string of the molecule is Cc1cc(CCc2ccc(Cc3ccccc3)cc2)cc(C)c1C. The summed E-state index contributed by atoms with van der Waals surface area (Å²) in [5.41, 5.74) is 9.85. The monoisotopic (exact) mass is 314 g/mol. The molecule has 0 fully saturated rings. The second-order valence-corrected chi connectivity index (χ2v) is 6.83. The van der Waals surface area contributed by atoms with Crippen molar-refractivity contribution in [1.82, 2.24) is 0 Å². The van der Waals surface area contributed by atoms with Crippen molar-refractivity contribution in [2.24, 2.45) is 0 Å². The second kappa shape index (κ2) is 7.49. The van der Waals surface area contributed by atoms with E-state index in [9.17, 15) is 0 Å². The maximum Gasteiger partial charge on any atom is -0.00258 e. The average molecular weight is 314 g/mol. The summed E-state index contributed by atoms with van der Waals surface area (Å²) in [5.74, 6) is 0. The van der Waals surface area contributed by atoms with Gasteiger partial charge in [-0.3, -0.25) is 0 Å². The molecule has 3 rings (SSSR count). The van der Waals surface area contributed by atoms with Crippen molar-refractivity contribution in [3.05, 3.63) is 106 Å². The van der Waals surface area contributed by atoms with Gasteiger partial charge in [0.05, 0.1) is 0 Å². The van der Waals surface area contributed by atoms with E-state index >= 15 is 0 Å². The molecule has 3 aromatic carbocycles. The molecule has 24 heavy (non-hydrogen) atoms. The maximum atomic E-state index is 2.34. The highest BCUT2D eigenvalue weighted by Gasteiger charge is 2.02. The van der Waals surface area contributed by atoms with Crippen molar-refractivity contribution >= 4 is 0 Å². The molecule has 0 heteroatoms. The molecule has 0 N–H and O–H groups in total. The van der Waals surface area contributed by atoms with Gasteiger partial charge in [0.25, 0.3) is 0 Å². The maximum absolute atomic E-state index is 2.34. The van der Waals surface area contributed by atoms with Gasteiger partial charge in [-0.15, -0.1) is 0 Å². The van der Waals surface area contributed by atoms with E-state index in [1.54, 1.807) is 0 Å². The van der Waals surface area contributed by atoms with Gasteiger partial charge < -0.3 is 0 Å². The van der Waals surface area contributed by atoms with Crippen LogP contribution in [0.5, 0.6) is 0 Å². The van der Waals surface area contributed by atoms with Crippen LogP contribution in [-0.2, 0) is 19.3 Å². The first-order valence-electron chi connectivity index (χ1n) is 8.80. The molecule has 0 saturated heterocycles. The molecular weight excluding hydrogens is 288 g/mol.